The van der Waals surface area contributed by atoms with Gasteiger partial charge in [0.15, 0.2) is 5.69 Å². The number of benzene rings is 1. The van der Waals surface area contributed by atoms with E-state index < -0.39 is 0 Å². The van der Waals surface area contributed by atoms with Gasteiger partial charge in [-0.15, -0.1) is 0 Å². The Morgan fingerprint density at radius 3 is 2.65 bits per heavy atom. The molecule has 0 aliphatic rings. The van der Waals surface area contributed by atoms with Gasteiger partial charge in [-0.1, -0.05) is 12.1 Å². The Bertz CT molecular complexity index is 781. The summed E-state index contributed by atoms with van der Waals surface area (Å²) < 4.78 is 1.65. The summed E-state index contributed by atoms with van der Waals surface area (Å²) in [6, 6.07) is 13.2. The number of hydrogen-bond acceptors (Lipinski definition) is 4. The monoisotopic (exact) mass is 261 g/mol. The number of aromatic nitrogens is 3. The number of nitrogen functional groups attached to an aromatic ring is 1. The van der Waals surface area contributed by atoms with Gasteiger partial charge in [0.2, 0.25) is 0 Å². The van der Waals surface area contributed by atoms with Crippen LogP contribution in [0.1, 0.15) is 5.69 Å². The van der Waals surface area contributed by atoms with Crippen molar-refractivity contribution in [3.8, 4) is 22.9 Å². The van der Waals surface area contributed by atoms with Crippen LogP contribution in [0.2, 0.25) is 0 Å². The molecule has 0 saturated heterocycles. The molecule has 96 valence electrons. The summed E-state index contributed by atoms with van der Waals surface area (Å²) in [5.41, 5.74) is 9.38. The zero-order chi connectivity index (χ0) is 13.9. The summed E-state index contributed by atoms with van der Waals surface area (Å²) in [5.74, 6) is 0. The summed E-state index contributed by atoms with van der Waals surface area (Å²) >= 11 is 0. The van der Waals surface area contributed by atoms with E-state index >= 15 is 0 Å². The Kier molecular flexibility index (Phi) is 2.90. The smallest absolute Gasteiger partial charge is 0.166 e. The molecule has 2 heterocycles. The third-order valence-electron chi connectivity index (χ3n) is 2.97. The summed E-state index contributed by atoms with van der Waals surface area (Å²) in [5, 5.41) is 13.4. The molecule has 5 nitrogen and oxygen atoms in total. The van der Waals surface area contributed by atoms with Gasteiger partial charge in [0.1, 0.15) is 11.8 Å². The number of nitrogens with two attached hydrogens (primary N) is 1. The minimum absolute atomic E-state index is 0.347. The van der Waals surface area contributed by atoms with Crippen LogP contribution in [0.15, 0.2) is 55.0 Å². The summed E-state index contributed by atoms with van der Waals surface area (Å²) in [4.78, 5) is 4.03. The fourth-order valence-electron chi connectivity index (χ4n) is 1.95. The van der Waals surface area contributed by atoms with Crippen molar-refractivity contribution in [1.82, 2.24) is 14.8 Å². The average Bonchev–Trinajstić information content (AvgIpc) is 2.97. The SMILES string of the molecule is N#Cc1ncccc1-n1cc(-c2ccc(N)cc2)cn1. The maximum atomic E-state index is 9.07. The Morgan fingerprint density at radius 1 is 1.10 bits per heavy atom. The minimum Gasteiger partial charge on any atom is -0.399 e. The van der Waals surface area contributed by atoms with Gasteiger partial charge in [0.25, 0.3) is 0 Å². The summed E-state index contributed by atoms with van der Waals surface area (Å²) in [6.45, 7) is 0. The first-order valence-electron chi connectivity index (χ1n) is 6.04. The predicted molar refractivity (Wildman–Crippen MR) is 75.9 cm³/mol. The lowest BCUT2D eigenvalue weighted by molar-refractivity contribution is 0.869. The van der Waals surface area contributed by atoms with Crippen molar-refractivity contribution in [2.75, 3.05) is 5.73 Å². The van der Waals surface area contributed by atoms with E-state index in [0.29, 0.717) is 11.4 Å². The topological polar surface area (TPSA) is 80.5 Å². The third-order valence-corrected chi connectivity index (χ3v) is 2.97. The second kappa shape index (κ2) is 4.86. The number of rotatable bonds is 2. The molecular weight excluding hydrogens is 250 g/mol. The van der Waals surface area contributed by atoms with E-state index in [-0.39, 0.29) is 0 Å². The number of nitrogens with zero attached hydrogens (tertiary/aromatic N) is 4. The molecule has 0 fully saturated rings. The van der Waals surface area contributed by atoms with Gasteiger partial charge in [0, 0.05) is 23.6 Å². The molecule has 3 aromatic rings. The molecule has 2 N–H and O–H groups in total. The van der Waals surface area contributed by atoms with Crippen LogP contribution in [-0.4, -0.2) is 14.8 Å². The maximum Gasteiger partial charge on any atom is 0.166 e. The Morgan fingerprint density at radius 2 is 1.90 bits per heavy atom. The first kappa shape index (κ1) is 11.9. The van der Waals surface area contributed by atoms with Crippen LogP contribution in [-0.2, 0) is 0 Å². The fourth-order valence-corrected chi connectivity index (χ4v) is 1.95. The van der Waals surface area contributed by atoms with Gasteiger partial charge < -0.3 is 5.73 Å². The molecule has 0 saturated carbocycles. The van der Waals surface area contributed by atoms with Gasteiger partial charge in [-0.2, -0.15) is 10.4 Å². The first-order chi connectivity index (χ1) is 9.78. The van der Waals surface area contributed by atoms with Crippen LogP contribution in [0.25, 0.3) is 16.8 Å². The van der Waals surface area contributed by atoms with E-state index in [4.69, 9.17) is 11.0 Å². The van der Waals surface area contributed by atoms with Gasteiger partial charge in [-0.25, -0.2) is 9.67 Å². The van der Waals surface area contributed by atoms with E-state index in [0.717, 1.165) is 16.8 Å². The van der Waals surface area contributed by atoms with Gasteiger partial charge >= 0.3 is 0 Å². The van der Waals surface area contributed by atoms with Crippen LogP contribution in [0.3, 0.4) is 0 Å². The first-order valence-corrected chi connectivity index (χ1v) is 6.04. The Hall–Kier alpha value is -3.13. The average molecular weight is 261 g/mol. The molecule has 3 rings (SSSR count). The minimum atomic E-state index is 0.347. The molecule has 0 aliphatic heterocycles. The molecular formula is C15H11N5. The summed E-state index contributed by atoms with van der Waals surface area (Å²) in [6.07, 6.45) is 5.20. The van der Waals surface area contributed by atoms with Crippen molar-refractivity contribution in [2.24, 2.45) is 0 Å². The van der Waals surface area contributed by atoms with Crippen molar-refractivity contribution in [1.29, 1.82) is 5.26 Å². The number of hydrogen-bond donors (Lipinski definition) is 1. The van der Waals surface area contributed by atoms with E-state index in [1.165, 1.54) is 0 Å². The highest BCUT2D eigenvalue weighted by molar-refractivity contribution is 5.64. The van der Waals surface area contributed by atoms with Gasteiger partial charge in [-0.3, -0.25) is 0 Å². The fraction of sp³-hybridized carbons (Fsp3) is 0. The van der Waals surface area contributed by atoms with Crippen molar-refractivity contribution >= 4 is 5.69 Å². The molecule has 0 radical (unpaired) electrons. The number of pyridine rings is 1. The van der Waals surface area contributed by atoms with E-state index in [1.807, 2.05) is 36.5 Å². The zero-order valence-electron chi connectivity index (χ0n) is 10.6. The summed E-state index contributed by atoms with van der Waals surface area (Å²) in [7, 11) is 0. The normalized spacial score (nSPS) is 10.2. The molecule has 0 atom stereocenters. The lowest BCUT2D eigenvalue weighted by atomic mass is 10.1. The second-order valence-electron chi connectivity index (χ2n) is 4.28. The van der Waals surface area contributed by atoms with Crippen molar-refractivity contribution in [2.45, 2.75) is 0 Å². The molecule has 2 aromatic heterocycles. The molecule has 1 aromatic carbocycles. The van der Waals surface area contributed by atoms with Crippen molar-refractivity contribution in [3.05, 3.63) is 60.7 Å². The quantitative estimate of drug-likeness (QED) is 0.718. The highest BCUT2D eigenvalue weighted by atomic mass is 15.3. The van der Waals surface area contributed by atoms with Gasteiger partial charge in [0.05, 0.1) is 6.20 Å². The molecule has 0 aliphatic carbocycles. The third kappa shape index (κ3) is 2.10. The van der Waals surface area contributed by atoms with Crippen LogP contribution < -0.4 is 5.73 Å². The molecule has 5 heteroatoms. The Labute approximate surface area is 115 Å². The maximum absolute atomic E-state index is 9.07. The largest absolute Gasteiger partial charge is 0.399 e. The zero-order valence-corrected chi connectivity index (χ0v) is 10.6. The van der Waals surface area contributed by atoms with Gasteiger partial charge in [-0.05, 0) is 29.8 Å². The van der Waals surface area contributed by atoms with Crippen LogP contribution in [0.5, 0.6) is 0 Å². The lowest BCUT2D eigenvalue weighted by Gasteiger charge is -2.02. The molecule has 0 unspecified atom stereocenters. The van der Waals surface area contributed by atoms with Crippen LogP contribution >= 0.6 is 0 Å². The predicted octanol–water partition coefficient (Wildman–Crippen LogP) is 2.39. The second-order valence-corrected chi connectivity index (χ2v) is 4.28. The van der Waals surface area contributed by atoms with E-state index in [9.17, 15) is 0 Å². The molecule has 20 heavy (non-hydrogen) atoms. The number of nitriles is 1. The lowest BCUT2D eigenvalue weighted by Crippen LogP contribution is -1.99. The van der Waals surface area contributed by atoms with E-state index in [1.54, 1.807) is 23.1 Å². The van der Waals surface area contributed by atoms with E-state index in [2.05, 4.69) is 16.2 Å². The number of anilines is 1. The van der Waals surface area contributed by atoms with Crippen LogP contribution in [0, 0.1) is 11.3 Å². The Balaban J connectivity index is 2.02. The molecule has 0 amide bonds. The highest BCUT2D eigenvalue weighted by Gasteiger charge is 2.07. The molecule has 0 spiro atoms. The standard InChI is InChI=1S/C15H11N5/c16-8-14-15(2-1-7-18-14)20-10-12(9-19-20)11-3-5-13(17)6-4-11/h1-7,9-10H,17H2. The molecule has 0 bridgehead atoms. The van der Waals surface area contributed by atoms with Crippen molar-refractivity contribution in [3.63, 3.8) is 0 Å². The highest BCUT2D eigenvalue weighted by Crippen LogP contribution is 2.21. The van der Waals surface area contributed by atoms with Crippen molar-refractivity contribution < 1.29 is 0 Å². The van der Waals surface area contributed by atoms with Crippen LogP contribution in [0.4, 0.5) is 5.69 Å².